The van der Waals surface area contributed by atoms with Crippen molar-refractivity contribution in [1.29, 1.82) is 0 Å². The SMILES string of the molecule is O=c1c(O)c(-c2ccccc2)oc2cc(I)c(I)c(O)c12. The van der Waals surface area contributed by atoms with Crippen LogP contribution in [0, 0.1) is 7.14 Å². The Bertz CT molecular complexity index is 901. The fraction of sp³-hybridized carbons (Fsp3) is 0. The molecule has 2 aromatic carbocycles. The molecule has 0 saturated carbocycles. The monoisotopic (exact) mass is 506 g/mol. The summed E-state index contributed by atoms with van der Waals surface area (Å²) < 4.78 is 6.98. The molecule has 106 valence electrons. The van der Waals surface area contributed by atoms with Gasteiger partial charge in [-0.3, -0.25) is 4.79 Å². The molecule has 3 rings (SSSR count). The molecule has 1 aromatic heterocycles. The fourth-order valence-electron chi connectivity index (χ4n) is 2.06. The van der Waals surface area contributed by atoms with Crippen molar-refractivity contribution in [2.45, 2.75) is 0 Å². The third kappa shape index (κ3) is 2.39. The van der Waals surface area contributed by atoms with Crippen molar-refractivity contribution in [2.24, 2.45) is 0 Å². The van der Waals surface area contributed by atoms with Gasteiger partial charge in [0.15, 0.2) is 5.76 Å². The standard InChI is InChI=1S/C15H8I2O4/c16-8-6-9-10(12(18)11(8)17)13(19)14(20)15(21-9)7-4-2-1-3-5-7/h1-6,18,20H. The number of phenols is 1. The predicted octanol–water partition coefficient (Wildman–Crippen LogP) is 4.08. The maximum Gasteiger partial charge on any atom is 0.238 e. The molecule has 0 fully saturated rings. The van der Waals surface area contributed by atoms with Gasteiger partial charge >= 0.3 is 0 Å². The number of halogens is 2. The highest BCUT2D eigenvalue weighted by molar-refractivity contribution is 14.1. The largest absolute Gasteiger partial charge is 0.506 e. The maximum atomic E-state index is 12.3. The molecule has 0 amide bonds. The minimum Gasteiger partial charge on any atom is -0.506 e. The van der Waals surface area contributed by atoms with E-state index in [-0.39, 0.29) is 22.5 Å². The first kappa shape index (κ1) is 14.6. The summed E-state index contributed by atoms with van der Waals surface area (Å²) in [5.41, 5.74) is 0.211. The van der Waals surface area contributed by atoms with E-state index in [1.54, 1.807) is 30.3 Å². The lowest BCUT2D eigenvalue weighted by atomic mass is 10.1. The summed E-state index contributed by atoms with van der Waals surface area (Å²) in [5, 5.41) is 20.2. The van der Waals surface area contributed by atoms with Crippen molar-refractivity contribution in [3.8, 4) is 22.8 Å². The van der Waals surface area contributed by atoms with Crippen LogP contribution in [0.3, 0.4) is 0 Å². The van der Waals surface area contributed by atoms with Crippen LogP contribution in [-0.4, -0.2) is 10.2 Å². The number of aromatic hydroxyl groups is 2. The van der Waals surface area contributed by atoms with Crippen LogP contribution in [0.25, 0.3) is 22.3 Å². The summed E-state index contributed by atoms with van der Waals surface area (Å²) >= 11 is 4.00. The second-order valence-corrected chi connectivity index (χ2v) is 6.61. The molecule has 2 N–H and O–H groups in total. The van der Waals surface area contributed by atoms with E-state index in [9.17, 15) is 15.0 Å². The van der Waals surface area contributed by atoms with Crippen molar-refractivity contribution < 1.29 is 14.6 Å². The number of benzene rings is 2. The molecule has 6 heteroatoms. The Labute approximate surface area is 146 Å². The highest BCUT2D eigenvalue weighted by Gasteiger charge is 2.20. The lowest BCUT2D eigenvalue weighted by Gasteiger charge is -2.09. The molecule has 0 aliphatic carbocycles. The van der Waals surface area contributed by atoms with Crippen LogP contribution in [-0.2, 0) is 0 Å². The predicted molar refractivity (Wildman–Crippen MR) is 96.7 cm³/mol. The summed E-state index contributed by atoms with van der Waals surface area (Å²) in [6.45, 7) is 0. The van der Waals surface area contributed by atoms with Gasteiger partial charge in [0.05, 0.1) is 3.57 Å². The molecule has 0 aliphatic rings. The van der Waals surface area contributed by atoms with Gasteiger partial charge in [-0.05, 0) is 51.2 Å². The van der Waals surface area contributed by atoms with E-state index in [0.717, 1.165) is 3.57 Å². The second kappa shape index (κ2) is 5.48. The summed E-state index contributed by atoms with van der Waals surface area (Å²) in [4.78, 5) is 12.3. The van der Waals surface area contributed by atoms with Gasteiger partial charge in [-0.1, -0.05) is 30.3 Å². The van der Waals surface area contributed by atoms with Crippen LogP contribution in [0.2, 0.25) is 0 Å². The van der Waals surface area contributed by atoms with Crippen LogP contribution in [0.15, 0.2) is 45.6 Å². The van der Waals surface area contributed by atoms with Crippen molar-refractivity contribution in [1.82, 2.24) is 0 Å². The quantitative estimate of drug-likeness (QED) is 0.489. The van der Waals surface area contributed by atoms with Gasteiger partial charge < -0.3 is 14.6 Å². The Hall–Kier alpha value is -1.29. The Morgan fingerprint density at radius 1 is 1.00 bits per heavy atom. The molecule has 4 nitrogen and oxygen atoms in total. The van der Waals surface area contributed by atoms with Crippen LogP contribution in [0.5, 0.6) is 11.5 Å². The summed E-state index contributed by atoms with van der Waals surface area (Å²) in [7, 11) is 0. The molecule has 0 radical (unpaired) electrons. The van der Waals surface area contributed by atoms with Crippen molar-refractivity contribution in [3.05, 3.63) is 53.8 Å². The van der Waals surface area contributed by atoms with Gasteiger partial charge in [0.25, 0.3) is 0 Å². The highest BCUT2D eigenvalue weighted by Crippen LogP contribution is 2.36. The first-order valence-electron chi connectivity index (χ1n) is 5.93. The van der Waals surface area contributed by atoms with E-state index in [2.05, 4.69) is 22.6 Å². The number of fused-ring (bicyclic) bond motifs is 1. The van der Waals surface area contributed by atoms with E-state index in [1.807, 2.05) is 28.7 Å². The van der Waals surface area contributed by atoms with E-state index in [0.29, 0.717) is 9.13 Å². The lowest BCUT2D eigenvalue weighted by molar-refractivity contribution is 0.444. The smallest absolute Gasteiger partial charge is 0.238 e. The Balaban J connectivity index is 2.44. The maximum absolute atomic E-state index is 12.3. The van der Waals surface area contributed by atoms with E-state index in [4.69, 9.17) is 4.42 Å². The first-order chi connectivity index (χ1) is 10.0. The van der Waals surface area contributed by atoms with Gasteiger partial charge in [-0.25, -0.2) is 0 Å². The van der Waals surface area contributed by atoms with E-state index < -0.39 is 11.2 Å². The zero-order valence-corrected chi connectivity index (χ0v) is 14.7. The minimum atomic E-state index is -0.637. The third-order valence-electron chi connectivity index (χ3n) is 3.06. The molecule has 0 spiro atoms. The molecular weight excluding hydrogens is 498 g/mol. The molecule has 3 aromatic rings. The molecule has 0 unspecified atom stereocenters. The van der Waals surface area contributed by atoms with Crippen LogP contribution >= 0.6 is 45.2 Å². The fourth-order valence-corrected chi connectivity index (χ4v) is 3.02. The highest BCUT2D eigenvalue weighted by atomic mass is 127. The van der Waals surface area contributed by atoms with Crippen molar-refractivity contribution >= 4 is 56.2 Å². The van der Waals surface area contributed by atoms with Gasteiger partial charge in [0.1, 0.15) is 16.7 Å². The Kier molecular flexibility index (Phi) is 3.82. The number of hydrogen-bond donors (Lipinski definition) is 2. The normalized spacial score (nSPS) is 11.0. The average Bonchev–Trinajstić information content (AvgIpc) is 2.49. The average molecular weight is 506 g/mol. The summed E-state index contributed by atoms with van der Waals surface area (Å²) in [6.07, 6.45) is 0. The van der Waals surface area contributed by atoms with Gasteiger partial charge in [0, 0.05) is 9.13 Å². The van der Waals surface area contributed by atoms with Gasteiger partial charge in [0.2, 0.25) is 11.2 Å². The number of hydrogen-bond acceptors (Lipinski definition) is 4. The lowest BCUT2D eigenvalue weighted by Crippen LogP contribution is -2.04. The topological polar surface area (TPSA) is 70.7 Å². The van der Waals surface area contributed by atoms with E-state index in [1.165, 1.54) is 0 Å². The first-order valence-corrected chi connectivity index (χ1v) is 8.08. The molecule has 0 aliphatic heterocycles. The Morgan fingerprint density at radius 3 is 2.33 bits per heavy atom. The van der Waals surface area contributed by atoms with Crippen LogP contribution in [0.1, 0.15) is 0 Å². The number of rotatable bonds is 1. The number of phenolic OH excluding ortho intramolecular Hbond substituents is 1. The molecule has 21 heavy (non-hydrogen) atoms. The summed E-state index contributed by atoms with van der Waals surface area (Å²) in [5.74, 6) is -0.563. The van der Waals surface area contributed by atoms with Gasteiger partial charge in [-0.15, -0.1) is 0 Å². The summed E-state index contributed by atoms with van der Waals surface area (Å²) in [6, 6.07) is 10.5. The molecule has 0 atom stereocenters. The Morgan fingerprint density at radius 2 is 1.67 bits per heavy atom. The molecule has 1 heterocycles. The third-order valence-corrected chi connectivity index (χ3v) is 6.04. The van der Waals surface area contributed by atoms with Crippen LogP contribution < -0.4 is 5.43 Å². The minimum absolute atomic E-state index is 0.00278. The molecule has 0 saturated heterocycles. The van der Waals surface area contributed by atoms with Crippen molar-refractivity contribution in [3.63, 3.8) is 0 Å². The molecule has 0 bridgehead atoms. The second-order valence-electron chi connectivity index (χ2n) is 4.37. The zero-order valence-electron chi connectivity index (χ0n) is 10.4. The van der Waals surface area contributed by atoms with Gasteiger partial charge in [-0.2, -0.15) is 0 Å². The zero-order chi connectivity index (χ0) is 15.1. The van der Waals surface area contributed by atoms with Crippen molar-refractivity contribution in [2.75, 3.05) is 0 Å². The van der Waals surface area contributed by atoms with Crippen LogP contribution in [0.4, 0.5) is 0 Å². The van der Waals surface area contributed by atoms with E-state index >= 15 is 0 Å². The molecular formula is C15H8I2O4.